The minimum Gasteiger partial charge on any atom is -0.330 e. The van der Waals surface area contributed by atoms with Gasteiger partial charge in [0.25, 0.3) is 0 Å². The molecule has 0 bridgehead atoms. The molecule has 16 heavy (non-hydrogen) atoms. The Morgan fingerprint density at radius 2 is 2.00 bits per heavy atom. The van der Waals surface area contributed by atoms with Crippen LogP contribution >= 0.6 is 0 Å². The van der Waals surface area contributed by atoms with E-state index in [1.54, 1.807) is 24.3 Å². The van der Waals surface area contributed by atoms with Crippen molar-refractivity contribution in [3.63, 3.8) is 0 Å². The maximum Gasteiger partial charge on any atom is 0.232 e. The zero-order valence-electron chi connectivity index (χ0n) is 10.1. The quantitative estimate of drug-likeness (QED) is 0.836. The number of hydrogen-bond donors (Lipinski definition) is 1. The van der Waals surface area contributed by atoms with Gasteiger partial charge in [-0.3, -0.25) is 9.78 Å². The van der Waals surface area contributed by atoms with Crippen molar-refractivity contribution in [1.82, 2.24) is 4.98 Å². The van der Waals surface area contributed by atoms with Gasteiger partial charge in [-0.25, -0.2) is 0 Å². The number of nitrogens with two attached hydrogens (primary N) is 1. The van der Waals surface area contributed by atoms with Gasteiger partial charge in [0.15, 0.2) is 0 Å². The topological polar surface area (TPSA) is 59.2 Å². The zero-order valence-corrected chi connectivity index (χ0v) is 10.1. The lowest BCUT2D eigenvalue weighted by molar-refractivity contribution is -0.126. The van der Waals surface area contributed by atoms with Crippen molar-refractivity contribution < 1.29 is 4.79 Å². The SMILES string of the molecule is CN(C(=O)C(C)(C)CCN)c1ccncc1. The molecule has 1 rings (SSSR count). The number of aromatic nitrogens is 1. The molecule has 0 aliphatic heterocycles. The molecule has 0 aliphatic rings. The lowest BCUT2D eigenvalue weighted by atomic mass is 9.87. The smallest absolute Gasteiger partial charge is 0.232 e. The van der Waals surface area contributed by atoms with Gasteiger partial charge < -0.3 is 10.6 Å². The first-order valence-electron chi connectivity index (χ1n) is 5.37. The van der Waals surface area contributed by atoms with Gasteiger partial charge in [-0.2, -0.15) is 0 Å². The summed E-state index contributed by atoms with van der Waals surface area (Å²) in [5.41, 5.74) is 5.94. The van der Waals surface area contributed by atoms with Crippen LogP contribution in [0.2, 0.25) is 0 Å². The molecule has 1 heterocycles. The molecule has 0 unspecified atom stereocenters. The molecule has 1 amide bonds. The van der Waals surface area contributed by atoms with E-state index >= 15 is 0 Å². The monoisotopic (exact) mass is 221 g/mol. The molecule has 4 heteroatoms. The molecule has 0 fully saturated rings. The fourth-order valence-corrected chi connectivity index (χ4v) is 1.61. The number of carbonyl (C=O) groups is 1. The van der Waals surface area contributed by atoms with E-state index in [1.165, 1.54) is 0 Å². The summed E-state index contributed by atoms with van der Waals surface area (Å²) in [6.07, 6.45) is 4.03. The Balaban J connectivity index is 2.82. The van der Waals surface area contributed by atoms with Gasteiger partial charge in [0, 0.05) is 30.5 Å². The van der Waals surface area contributed by atoms with E-state index in [0.717, 1.165) is 5.69 Å². The van der Waals surface area contributed by atoms with Gasteiger partial charge in [-0.15, -0.1) is 0 Å². The maximum atomic E-state index is 12.2. The number of anilines is 1. The van der Waals surface area contributed by atoms with Crippen molar-refractivity contribution in [2.45, 2.75) is 20.3 Å². The molecule has 0 radical (unpaired) electrons. The molecule has 1 aromatic rings. The van der Waals surface area contributed by atoms with Crippen molar-refractivity contribution >= 4 is 11.6 Å². The summed E-state index contributed by atoms with van der Waals surface area (Å²) in [6, 6.07) is 3.63. The average molecular weight is 221 g/mol. The number of hydrogen-bond acceptors (Lipinski definition) is 3. The summed E-state index contributed by atoms with van der Waals surface area (Å²) in [7, 11) is 1.77. The molecule has 0 aromatic carbocycles. The predicted octanol–water partition coefficient (Wildman–Crippen LogP) is 1.42. The van der Waals surface area contributed by atoms with Gasteiger partial charge in [0.1, 0.15) is 0 Å². The second-order valence-electron chi connectivity index (χ2n) is 4.49. The van der Waals surface area contributed by atoms with Crippen LogP contribution in [0.1, 0.15) is 20.3 Å². The van der Waals surface area contributed by atoms with Crippen LogP contribution in [0.5, 0.6) is 0 Å². The molecule has 0 saturated carbocycles. The van der Waals surface area contributed by atoms with Crippen LogP contribution in [0.4, 0.5) is 5.69 Å². The van der Waals surface area contributed by atoms with Crippen LogP contribution in [0, 0.1) is 5.41 Å². The second-order valence-corrected chi connectivity index (χ2v) is 4.49. The van der Waals surface area contributed by atoms with E-state index < -0.39 is 5.41 Å². The second kappa shape index (κ2) is 5.07. The van der Waals surface area contributed by atoms with Crippen molar-refractivity contribution in [2.75, 3.05) is 18.5 Å². The predicted molar refractivity (Wildman–Crippen MR) is 65.1 cm³/mol. The number of carbonyl (C=O) groups excluding carboxylic acids is 1. The van der Waals surface area contributed by atoms with Crippen molar-refractivity contribution in [1.29, 1.82) is 0 Å². The molecule has 88 valence electrons. The van der Waals surface area contributed by atoms with Gasteiger partial charge in [0.05, 0.1) is 0 Å². The van der Waals surface area contributed by atoms with E-state index in [0.29, 0.717) is 13.0 Å². The molecular weight excluding hydrogens is 202 g/mol. The fraction of sp³-hybridized carbons (Fsp3) is 0.500. The Morgan fingerprint density at radius 1 is 1.44 bits per heavy atom. The third-order valence-electron chi connectivity index (χ3n) is 2.70. The number of pyridine rings is 1. The van der Waals surface area contributed by atoms with E-state index in [-0.39, 0.29) is 5.91 Å². The lowest BCUT2D eigenvalue weighted by Gasteiger charge is -2.28. The standard InChI is InChI=1S/C12H19N3O/c1-12(2,6-7-13)11(16)15(3)10-4-8-14-9-5-10/h4-5,8-9H,6-7,13H2,1-3H3. The summed E-state index contributed by atoms with van der Waals surface area (Å²) in [4.78, 5) is 17.8. The normalized spacial score (nSPS) is 11.2. The summed E-state index contributed by atoms with van der Waals surface area (Å²) in [5, 5.41) is 0. The average Bonchev–Trinajstić information content (AvgIpc) is 2.28. The Hall–Kier alpha value is -1.42. The Labute approximate surface area is 96.5 Å². The number of amides is 1. The summed E-state index contributed by atoms with van der Waals surface area (Å²) < 4.78 is 0. The summed E-state index contributed by atoms with van der Waals surface area (Å²) in [6.45, 7) is 4.35. The van der Waals surface area contributed by atoms with E-state index in [1.807, 2.05) is 26.0 Å². The first-order chi connectivity index (χ1) is 7.49. The van der Waals surface area contributed by atoms with Crippen LogP contribution in [-0.2, 0) is 4.79 Å². The van der Waals surface area contributed by atoms with Gasteiger partial charge in [0.2, 0.25) is 5.91 Å². The molecule has 0 saturated heterocycles. The highest BCUT2D eigenvalue weighted by atomic mass is 16.2. The molecule has 1 aromatic heterocycles. The van der Waals surface area contributed by atoms with Gasteiger partial charge in [-0.05, 0) is 25.1 Å². The number of nitrogens with zero attached hydrogens (tertiary/aromatic N) is 2. The first kappa shape index (κ1) is 12.6. The molecule has 0 aliphatic carbocycles. The van der Waals surface area contributed by atoms with Crippen molar-refractivity contribution in [3.8, 4) is 0 Å². The molecule has 0 atom stereocenters. The van der Waals surface area contributed by atoms with Crippen LogP contribution in [0.15, 0.2) is 24.5 Å². The van der Waals surface area contributed by atoms with Crippen LogP contribution in [0.25, 0.3) is 0 Å². The third-order valence-corrected chi connectivity index (χ3v) is 2.70. The highest BCUT2D eigenvalue weighted by Gasteiger charge is 2.30. The van der Waals surface area contributed by atoms with E-state index in [9.17, 15) is 4.79 Å². The highest BCUT2D eigenvalue weighted by molar-refractivity contribution is 5.96. The minimum absolute atomic E-state index is 0.0733. The van der Waals surface area contributed by atoms with Crippen molar-refractivity contribution in [2.24, 2.45) is 11.1 Å². The summed E-state index contributed by atoms with van der Waals surface area (Å²) >= 11 is 0. The molecule has 0 spiro atoms. The minimum atomic E-state index is -0.424. The fourth-order valence-electron chi connectivity index (χ4n) is 1.61. The molecular formula is C12H19N3O. The highest BCUT2D eigenvalue weighted by Crippen LogP contribution is 2.25. The molecule has 4 nitrogen and oxygen atoms in total. The van der Waals surface area contributed by atoms with Crippen LogP contribution in [-0.4, -0.2) is 24.5 Å². The lowest BCUT2D eigenvalue weighted by Crippen LogP contribution is -2.39. The van der Waals surface area contributed by atoms with Gasteiger partial charge in [-0.1, -0.05) is 13.8 Å². The first-order valence-corrected chi connectivity index (χ1v) is 5.37. The number of rotatable bonds is 4. The van der Waals surface area contributed by atoms with E-state index in [2.05, 4.69) is 4.98 Å². The largest absolute Gasteiger partial charge is 0.330 e. The summed E-state index contributed by atoms with van der Waals surface area (Å²) in [5.74, 6) is 0.0733. The van der Waals surface area contributed by atoms with Crippen LogP contribution < -0.4 is 10.6 Å². The van der Waals surface area contributed by atoms with E-state index in [4.69, 9.17) is 5.73 Å². The third kappa shape index (κ3) is 2.79. The van der Waals surface area contributed by atoms with Crippen LogP contribution in [0.3, 0.4) is 0 Å². The Morgan fingerprint density at radius 3 is 2.50 bits per heavy atom. The maximum absolute atomic E-state index is 12.2. The van der Waals surface area contributed by atoms with Crippen molar-refractivity contribution in [3.05, 3.63) is 24.5 Å². The Bertz CT molecular complexity index is 349. The zero-order chi connectivity index (χ0) is 12.2. The molecule has 2 N–H and O–H groups in total. The van der Waals surface area contributed by atoms with Gasteiger partial charge >= 0.3 is 0 Å². The Kier molecular flexibility index (Phi) is 4.01.